The lowest BCUT2D eigenvalue weighted by Gasteiger charge is -2.36. The predicted molar refractivity (Wildman–Crippen MR) is 163 cm³/mol. The topological polar surface area (TPSA) is 123 Å². The average molecular weight is 584 g/mol. The van der Waals surface area contributed by atoms with Crippen molar-refractivity contribution in [1.29, 1.82) is 0 Å². The number of amides is 3. The molecule has 1 saturated heterocycles. The maximum atomic E-state index is 14.4. The van der Waals surface area contributed by atoms with E-state index in [-0.39, 0.29) is 12.6 Å². The lowest BCUT2D eigenvalue weighted by Crippen LogP contribution is -2.51. The largest absolute Gasteiger partial charge is 0.450 e. The Hall–Kier alpha value is -3.14. The van der Waals surface area contributed by atoms with Crippen molar-refractivity contribution in [2.75, 3.05) is 33.4 Å². The number of carbonyl (C=O) groups excluding carboxylic acids is 2. The highest BCUT2D eigenvalue weighted by Crippen LogP contribution is 2.28. The molecule has 0 aliphatic carbocycles. The second kappa shape index (κ2) is 18.4. The first kappa shape index (κ1) is 33.4. The summed E-state index contributed by atoms with van der Waals surface area (Å²) in [5, 5.41) is 34.9. The van der Waals surface area contributed by atoms with Gasteiger partial charge in [0.05, 0.1) is 18.7 Å². The molecule has 0 unspecified atom stereocenters. The number of urea groups is 1. The van der Waals surface area contributed by atoms with Gasteiger partial charge in [-0.2, -0.15) is 0 Å². The Kier molecular flexibility index (Phi) is 14.6. The quantitative estimate of drug-likeness (QED) is 0.208. The number of nitrogens with one attached hydrogen (secondary N) is 1. The van der Waals surface area contributed by atoms with Gasteiger partial charge in [0, 0.05) is 26.7 Å². The van der Waals surface area contributed by atoms with Gasteiger partial charge in [-0.05, 0) is 56.1 Å². The van der Waals surface area contributed by atoms with Crippen LogP contribution in [0.25, 0.3) is 0 Å². The van der Waals surface area contributed by atoms with Crippen LogP contribution in [0.1, 0.15) is 62.5 Å². The number of aliphatic hydroxyl groups is 3. The Morgan fingerprint density at radius 2 is 1.19 bits per heavy atom. The summed E-state index contributed by atoms with van der Waals surface area (Å²) in [6, 6.07) is 18.3. The molecule has 9 heteroatoms. The first-order chi connectivity index (χ1) is 20.5. The zero-order chi connectivity index (χ0) is 30.2. The highest BCUT2D eigenvalue weighted by molar-refractivity contribution is 5.76. The molecule has 232 valence electrons. The van der Waals surface area contributed by atoms with E-state index in [0.29, 0.717) is 32.5 Å². The van der Waals surface area contributed by atoms with Crippen molar-refractivity contribution in [3.05, 3.63) is 71.8 Å². The van der Waals surface area contributed by atoms with Gasteiger partial charge in [-0.25, -0.2) is 9.59 Å². The van der Waals surface area contributed by atoms with E-state index < -0.39 is 30.4 Å². The SMILES string of the molecule is CNC(=O)OCCCCCCN1C(=O)N(CCCCCCO)[C@H](Cc2ccccc2)[C@H](O)[C@@H](O)[C@H]1Cc1ccccc1. The van der Waals surface area contributed by atoms with Crippen LogP contribution in [0.4, 0.5) is 9.59 Å². The van der Waals surface area contributed by atoms with Crippen LogP contribution in [-0.4, -0.2) is 94.9 Å². The molecule has 3 amide bonds. The number of hydrogen-bond donors (Lipinski definition) is 4. The number of hydrogen-bond acceptors (Lipinski definition) is 6. The molecule has 1 aliphatic heterocycles. The van der Waals surface area contributed by atoms with Gasteiger partial charge in [0.2, 0.25) is 0 Å². The Labute approximate surface area is 250 Å². The Balaban J connectivity index is 1.81. The molecular formula is C33H49N3O6. The van der Waals surface area contributed by atoms with Crippen LogP contribution in [0.5, 0.6) is 0 Å². The molecule has 1 fully saturated rings. The van der Waals surface area contributed by atoms with Crippen LogP contribution in [0.3, 0.4) is 0 Å². The van der Waals surface area contributed by atoms with E-state index in [0.717, 1.165) is 62.5 Å². The minimum Gasteiger partial charge on any atom is -0.450 e. The van der Waals surface area contributed by atoms with Gasteiger partial charge in [-0.3, -0.25) is 0 Å². The van der Waals surface area contributed by atoms with Crippen LogP contribution >= 0.6 is 0 Å². The zero-order valence-corrected chi connectivity index (χ0v) is 24.9. The maximum absolute atomic E-state index is 14.4. The summed E-state index contributed by atoms with van der Waals surface area (Å²) >= 11 is 0. The van der Waals surface area contributed by atoms with Crippen LogP contribution in [0.15, 0.2) is 60.7 Å². The number of nitrogens with zero attached hydrogens (tertiary/aromatic N) is 2. The molecule has 42 heavy (non-hydrogen) atoms. The number of ether oxygens (including phenoxy) is 1. The number of unbranched alkanes of at least 4 members (excludes halogenated alkanes) is 6. The lowest BCUT2D eigenvalue weighted by atomic mass is 9.91. The fourth-order valence-corrected chi connectivity index (χ4v) is 5.69. The molecule has 4 N–H and O–H groups in total. The van der Waals surface area contributed by atoms with Gasteiger partial charge < -0.3 is 35.2 Å². The number of aliphatic hydroxyl groups excluding tert-OH is 3. The van der Waals surface area contributed by atoms with Gasteiger partial charge in [0.25, 0.3) is 0 Å². The molecule has 1 heterocycles. The van der Waals surface area contributed by atoms with Crippen molar-refractivity contribution in [2.24, 2.45) is 0 Å². The Morgan fingerprint density at radius 1 is 0.738 bits per heavy atom. The molecule has 0 aromatic heterocycles. The van der Waals surface area contributed by atoms with Crippen LogP contribution in [0, 0.1) is 0 Å². The molecule has 4 atom stereocenters. The lowest BCUT2D eigenvalue weighted by molar-refractivity contribution is -0.0396. The second-order valence-corrected chi connectivity index (χ2v) is 11.1. The van der Waals surface area contributed by atoms with E-state index in [9.17, 15) is 24.9 Å². The van der Waals surface area contributed by atoms with Crippen molar-refractivity contribution < 1.29 is 29.6 Å². The minimum atomic E-state index is -1.12. The van der Waals surface area contributed by atoms with Crippen LogP contribution in [-0.2, 0) is 17.6 Å². The summed E-state index contributed by atoms with van der Waals surface area (Å²) in [7, 11) is 1.53. The molecular weight excluding hydrogens is 534 g/mol. The van der Waals surface area contributed by atoms with E-state index in [4.69, 9.17) is 4.74 Å². The summed E-state index contributed by atoms with van der Waals surface area (Å²) in [5.41, 5.74) is 1.99. The van der Waals surface area contributed by atoms with Crippen molar-refractivity contribution >= 4 is 12.1 Å². The summed E-state index contributed by atoms with van der Waals surface area (Å²) < 4.78 is 5.07. The van der Waals surface area contributed by atoms with Crippen molar-refractivity contribution in [3.8, 4) is 0 Å². The predicted octanol–water partition coefficient (Wildman–Crippen LogP) is 4.14. The number of rotatable bonds is 17. The highest BCUT2D eigenvalue weighted by atomic mass is 16.5. The summed E-state index contributed by atoms with van der Waals surface area (Å²) in [4.78, 5) is 29.2. The monoisotopic (exact) mass is 583 g/mol. The first-order valence-corrected chi connectivity index (χ1v) is 15.4. The molecule has 3 rings (SSSR count). The van der Waals surface area contributed by atoms with Gasteiger partial charge in [0.1, 0.15) is 12.2 Å². The van der Waals surface area contributed by atoms with Gasteiger partial charge >= 0.3 is 12.1 Å². The van der Waals surface area contributed by atoms with Gasteiger partial charge in [-0.1, -0.05) is 79.9 Å². The number of benzene rings is 2. The molecule has 2 aromatic rings. The van der Waals surface area contributed by atoms with Crippen molar-refractivity contribution in [3.63, 3.8) is 0 Å². The van der Waals surface area contributed by atoms with E-state index >= 15 is 0 Å². The third kappa shape index (κ3) is 10.3. The van der Waals surface area contributed by atoms with Gasteiger partial charge in [0.15, 0.2) is 0 Å². The van der Waals surface area contributed by atoms with E-state index in [2.05, 4.69) is 5.32 Å². The minimum absolute atomic E-state index is 0.150. The van der Waals surface area contributed by atoms with E-state index in [1.807, 2.05) is 60.7 Å². The van der Waals surface area contributed by atoms with Crippen molar-refractivity contribution in [1.82, 2.24) is 15.1 Å². The third-order valence-electron chi connectivity index (χ3n) is 8.04. The number of carbonyl (C=O) groups is 2. The fourth-order valence-electron chi connectivity index (χ4n) is 5.69. The molecule has 0 bridgehead atoms. The molecule has 9 nitrogen and oxygen atoms in total. The van der Waals surface area contributed by atoms with Gasteiger partial charge in [-0.15, -0.1) is 0 Å². The maximum Gasteiger partial charge on any atom is 0.406 e. The molecule has 2 aromatic carbocycles. The standard InChI is InChI=1S/C33H49N3O6/c1-34-32(40)42-23-15-5-3-13-21-36-29(25-27-18-10-7-11-19-27)31(39)30(38)28(24-26-16-8-6-9-17-26)35(33(36)41)20-12-2-4-14-22-37/h6-11,16-19,28-31,37-39H,2-5,12-15,20-25H2,1H3,(H,34,40)/t28-,29-,30+,31+/m1/s1. The Bertz CT molecular complexity index is 1040. The van der Waals surface area contributed by atoms with Crippen LogP contribution < -0.4 is 5.32 Å². The van der Waals surface area contributed by atoms with Crippen LogP contribution in [0.2, 0.25) is 0 Å². The van der Waals surface area contributed by atoms with E-state index in [1.165, 1.54) is 7.05 Å². The summed E-state index contributed by atoms with van der Waals surface area (Å²) in [6.07, 6.45) is 4.56. The summed E-state index contributed by atoms with van der Waals surface area (Å²) in [5.74, 6) is 0. The summed E-state index contributed by atoms with van der Waals surface area (Å²) in [6.45, 7) is 1.42. The average Bonchev–Trinajstić information content (AvgIpc) is 3.07. The zero-order valence-electron chi connectivity index (χ0n) is 24.9. The first-order valence-electron chi connectivity index (χ1n) is 15.4. The second-order valence-electron chi connectivity index (χ2n) is 11.1. The smallest absolute Gasteiger partial charge is 0.406 e. The fraction of sp³-hybridized carbons (Fsp3) is 0.576. The Morgan fingerprint density at radius 3 is 1.64 bits per heavy atom. The number of alkyl carbamates (subject to hydrolysis) is 1. The molecule has 0 saturated carbocycles. The molecule has 0 radical (unpaired) electrons. The highest BCUT2D eigenvalue weighted by Gasteiger charge is 2.45. The van der Waals surface area contributed by atoms with Crippen molar-refractivity contribution in [2.45, 2.75) is 88.5 Å². The third-order valence-corrected chi connectivity index (χ3v) is 8.04. The molecule has 0 spiro atoms. The normalized spacial score (nSPS) is 20.8. The molecule has 1 aliphatic rings. The van der Waals surface area contributed by atoms with E-state index in [1.54, 1.807) is 9.80 Å².